The van der Waals surface area contributed by atoms with E-state index in [0.29, 0.717) is 13.0 Å². The monoisotopic (exact) mass is 1010 g/mol. The first-order chi connectivity index (χ1) is 34.1. The normalized spacial score (nSPS) is 19.4. The summed E-state index contributed by atoms with van der Waals surface area (Å²) in [4.78, 5) is 12.9. The molecule has 13 heteroatoms. The standard InChI is InChI=1S/C57H104O12S/c1-3-5-7-9-11-13-15-17-19-21-23-24-25-26-27-29-31-33-35-37-39-41-43-45-47-65-49-51(50-66-57-55(61)56(69-70(62,63)64)54(60)52(48-58)68-57)67-53(59)46-44-42-40-38-36-34-32-30-28-22-20-18-16-14-12-10-8-6-4-2/h5,7,11,13,17,19,23-24,51-52,54-58,60-61H,3-4,6,8-10,12,14-16,18,20-22,25-50H2,1-2H3,(H,62,63,64)/b7-5-,13-11-,19-17-,24-23-. The Hall–Kier alpha value is -1.94. The molecule has 1 saturated heterocycles. The number of unbranched alkanes of at least 4 members (excludes halogenated alkanes) is 29. The van der Waals surface area contributed by atoms with Gasteiger partial charge in [-0.3, -0.25) is 9.35 Å². The van der Waals surface area contributed by atoms with E-state index in [1.807, 2.05) is 0 Å². The lowest BCUT2D eigenvalue weighted by atomic mass is 9.99. The number of allylic oxidation sites excluding steroid dienone is 8. The van der Waals surface area contributed by atoms with E-state index in [1.165, 1.54) is 148 Å². The smallest absolute Gasteiger partial charge is 0.397 e. The SMILES string of the molecule is CC/C=C\C/C=C\C/C=C\C/C=C\CCCCCCCCCCCCCOCC(COC1OC(CO)C(O)C(OS(=O)(=O)O)C1O)OC(=O)CCCCCCCCCCCCCCCCCCCCC. The Morgan fingerprint density at radius 1 is 0.557 bits per heavy atom. The van der Waals surface area contributed by atoms with Crippen LogP contribution in [0.15, 0.2) is 48.6 Å². The summed E-state index contributed by atoms with van der Waals surface area (Å²) in [5, 5.41) is 30.8. The zero-order valence-corrected chi connectivity index (χ0v) is 45.1. The zero-order valence-electron chi connectivity index (χ0n) is 44.3. The van der Waals surface area contributed by atoms with Crippen LogP contribution in [-0.2, 0) is 38.3 Å². The van der Waals surface area contributed by atoms with E-state index in [2.05, 4.69) is 66.6 Å². The lowest BCUT2D eigenvalue weighted by Gasteiger charge is -2.41. The minimum atomic E-state index is -5.07. The minimum Gasteiger partial charge on any atom is -0.457 e. The lowest BCUT2D eigenvalue weighted by molar-refractivity contribution is -0.301. The number of hydrogen-bond donors (Lipinski definition) is 4. The van der Waals surface area contributed by atoms with Crippen LogP contribution < -0.4 is 0 Å². The average molecular weight is 1010 g/mol. The predicted molar refractivity (Wildman–Crippen MR) is 285 cm³/mol. The van der Waals surface area contributed by atoms with Crippen LogP contribution in [0.1, 0.15) is 245 Å². The fraction of sp³-hybridized carbons (Fsp3) is 0.842. The first-order valence-electron chi connectivity index (χ1n) is 28.4. The number of carbonyl (C=O) groups is 1. The molecule has 1 aliphatic rings. The van der Waals surface area contributed by atoms with E-state index < -0.39 is 59.8 Å². The highest BCUT2D eigenvalue weighted by molar-refractivity contribution is 7.80. The summed E-state index contributed by atoms with van der Waals surface area (Å²) in [6.45, 7) is 3.92. The molecule has 1 heterocycles. The van der Waals surface area contributed by atoms with Gasteiger partial charge in [0, 0.05) is 13.0 Å². The van der Waals surface area contributed by atoms with Gasteiger partial charge in [-0.05, 0) is 51.4 Å². The maximum atomic E-state index is 12.9. The summed E-state index contributed by atoms with van der Waals surface area (Å²) in [5.41, 5.74) is 0. The van der Waals surface area contributed by atoms with Crippen LogP contribution in [0, 0.1) is 0 Å². The van der Waals surface area contributed by atoms with Crippen molar-refractivity contribution in [2.45, 2.75) is 282 Å². The van der Waals surface area contributed by atoms with Crippen LogP contribution >= 0.6 is 0 Å². The molecular weight excluding hydrogens is 909 g/mol. The van der Waals surface area contributed by atoms with Crippen molar-refractivity contribution in [1.82, 2.24) is 0 Å². The van der Waals surface area contributed by atoms with E-state index in [-0.39, 0.29) is 19.6 Å². The number of rotatable bonds is 50. The third-order valence-electron chi connectivity index (χ3n) is 13.0. The summed E-state index contributed by atoms with van der Waals surface area (Å²) in [5.74, 6) is -0.396. The minimum absolute atomic E-state index is 0.0359. The largest absolute Gasteiger partial charge is 0.457 e. The average Bonchev–Trinajstić information content (AvgIpc) is 3.34. The molecule has 12 nitrogen and oxygen atoms in total. The summed E-state index contributed by atoms with van der Waals surface area (Å²) < 4.78 is 59.4. The van der Waals surface area contributed by atoms with Gasteiger partial charge in [-0.2, -0.15) is 8.42 Å². The second kappa shape index (κ2) is 48.0. The number of aliphatic hydroxyl groups is 3. The molecule has 6 atom stereocenters. The van der Waals surface area contributed by atoms with Gasteiger partial charge in [0.1, 0.15) is 30.5 Å². The molecule has 4 N–H and O–H groups in total. The molecule has 0 bridgehead atoms. The summed E-state index contributed by atoms with van der Waals surface area (Å²) >= 11 is 0. The molecule has 70 heavy (non-hydrogen) atoms. The number of esters is 1. The number of ether oxygens (including phenoxy) is 4. The fourth-order valence-corrected chi connectivity index (χ4v) is 9.23. The second-order valence-electron chi connectivity index (χ2n) is 19.5. The van der Waals surface area contributed by atoms with E-state index >= 15 is 0 Å². The van der Waals surface area contributed by atoms with E-state index in [1.54, 1.807) is 0 Å². The van der Waals surface area contributed by atoms with Gasteiger partial charge in [0.05, 0.1) is 19.8 Å². The Morgan fingerprint density at radius 2 is 0.986 bits per heavy atom. The van der Waals surface area contributed by atoms with Crippen molar-refractivity contribution in [2.24, 2.45) is 0 Å². The quantitative estimate of drug-likeness (QED) is 0.0196. The van der Waals surface area contributed by atoms with Crippen molar-refractivity contribution in [3.05, 3.63) is 48.6 Å². The molecule has 1 fully saturated rings. The highest BCUT2D eigenvalue weighted by Crippen LogP contribution is 2.26. The van der Waals surface area contributed by atoms with E-state index in [4.69, 9.17) is 18.9 Å². The summed E-state index contributed by atoms with van der Waals surface area (Å²) in [6.07, 6.45) is 51.4. The molecule has 1 rings (SSSR count). The van der Waals surface area contributed by atoms with Crippen LogP contribution in [-0.4, -0.2) is 97.5 Å². The third kappa shape index (κ3) is 40.5. The second-order valence-corrected chi connectivity index (χ2v) is 20.6. The van der Waals surface area contributed by atoms with Crippen molar-refractivity contribution < 1.29 is 56.2 Å². The van der Waals surface area contributed by atoms with Crippen LogP contribution in [0.5, 0.6) is 0 Å². The van der Waals surface area contributed by atoms with Gasteiger partial charge in [0.2, 0.25) is 0 Å². The molecule has 0 radical (unpaired) electrons. The Bertz CT molecular complexity index is 1400. The first-order valence-corrected chi connectivity index (χ1v) is 29.8. The highest BCUT2D eigenvalue weighted by atomic mass is 32.3. The predicted octanol–water partition coefficient (Wildman–Crippen LogP) is 13.9. The van der Waals surface area contributed by atoms with Gasteiger partial charge in [-0.1, -0.05) is 236 Å². The molecule has 0 aromatic rings. The number of carbonyl (C=O) groups excluding carboxylic acids is 1. The van der Waals surface area contributed by atoms with Crippen LogP contribution in [0.25, 0.3) is 0 Å². The molecule has 0 amide bonds. The lowest BCUT2D eigenvalue weighted by Crippen LogP contribution is -2.60. The summed E-state index contributed by atoms with van der Waals surface area (Å²) in [7, 11) is -5.07. The fourth-order valence-electron chi connectivity index (χ4n) is 8.73. The van der Waals surface area contributed by atoms with Crippen molar-refractivity contribution in [2.75, 3.05) is 26.4 Å². The van der Waals surface area contributed by atoms with Gasteiger partial charge in [-0.15, -0.1) is 0 Å². The van der Waals surface area contributed by atoms with Crippen LogP contribution in [0.4, 0.5) is 0 Å². The molecule has 6 unspecified atom stereocenters. The number of hydrogen-bond acceptors (Lipinski definition) is 11. The molecule has 410 valence electrons. The first kappa shape index (κ1) is 66.1. The van der Waals surface area contributed by atoms with Crippen LogP contribution in [0.2, 0.25) is 0 Å². The van der Waals surface area contributed by atoms with Crippen molar-refractivity contribution in [3.8, 4) is 0 Å². The molecule has 1 aliphatic heterocycles. The number of aliphatic hydroxyl groups excluding tert-OH is 3. The van der Waals surface area contributed by atoms with E-state index in [0.717, 1.165) is 70.6 Å². The molecule has 0 aliphatic carbocycles. The Morgan fingerprint density at radius 3 is 1.44 bits per heavy atom. The van der Waals surface area contributed by atoms with Crippen LogP contribution in [0.3, 0.4) is 0 Å². The zero-order chi connectivity index (χ0) is 51.0. The van der Waals surface area contributed by atoms with Gasteiger partial charge in [-0.25, -0.2) is 4.18 Å². The maximum absolute atomic E-state index is 12.9. The van der Waals surface area contributed by atoms with Crippen molar-refractivity contribution >= 4 is 16.4 Å². The molecule has 0 spiro atoms. The Balaban J connectivity index is 2.30. The molecule has 0 aromatic heterocycles. The Labute approximate surface area is 427 Å². The van der Waals surface area contributed by atoms with Gasteiger partial charge in [0.25, 0.3) is 0 Å². The van der Waals surface area contributed by atoms with Gasteiger partial charge >= 0.3 is 16.4 Å². The van der Waals surface area contributed by atoms with Gasteiger partial charge in [0.15, 0.2) is 6.29 Å². The topological polar surface area (TPSA) is 178 Å². The molecule has 0 aromatic carbocycles. The van der Waals surface area contributed by atoms with Gasteiger partial charge < -0.3 is 34.3 Å². The summed E-state index contributed by atoms with van der Waals surface area (Å²) in [6, 6.07) is 0. The maximum Gasteiger partial charge on any atom is 0.397 e. The third-order valence-corrected chi connectivity index (χ3v) is 13.4. The molecular formula is C57H104O12S. The Kier molecular flexibility index (Phi) is 45.3. The molecule has 0 saturated carbocycles. The van der Waals surface area contributed by atoms with Crippen molar-refractivity contribution in [1.29, 1.82) is 0 Å². The van der Waals surface area contributed by atoms with E-state index in [9.17, 15) is 33.1 Å². The van der Waals surface area contributed by atoms with Crippen molar-refractivity contribution in [3.63, 3.8) is 0 Å². The highest BCUT2D eigenvalue weighted by Gasteiger charge is 2.48.